The van der Waals surface area contributed by atoms with Crippen molar-refractivity contribution in [1.82, 2.24) is 10.6 Å². The normalized spacial score (nSPS) is 15.6. The summed E-state index contributed by atoms with van der Waals surface area (Å²) in [6.45, 7) is 9.05. The molecule has 1 aliphatic heterocycles. The molecule has 0 aliphatic carbocycles. The minimum atomic E-state index is -0.189. The molecule has 2 N–H and O–H groups in total. The maximum absolute atomic E-state index is 14.3. The Bertz CT molecular complexity index is 515. The zero-order chi connectivity index (χ0) is 16.5. The van der Waals surface area contributed by atoms with Crippen molar-refractivity contribution < 1.29 is 9.13 Å². The standard InChI is InChI=1S/C17H27FN4O/c1-3-7-20-17(19-4-2)21-13-14-5-6-16(15(18)12-14)22-8-10-23-11-9-22/h5-6,12H,3-4,7-11,13H2,1-2H3,(H2,19,20,21). The largest absolute Gasteiger partial charge is 0.378 e. The van der Waals surface area contributed by atoms with Gasteiger partial charge in [0.25, 0.3) is 0 Å². The fraction of sp³-hybridized carbons (Fsp3) is 0.588. The molecule has 2 rings (SSSR count). The van der Waals surface area contributed by atoms with Gasteiger partial charge in [-0.3, -0.25) is 0 Å². The van der Waals surface area contributed by atoms with Gasteiger partial charge in [0, 0.05) is 26.2 Å². The van der Waals surface area contributed by atoms with Crippen molar-refractivity contribution in [3.63, 3.8) is 0 Å². The van der Waals surface area contributed by atoms with Crippen LogP contribution in [0.1, 0.15) is 25.8 Å². The number of nitrogens with one attached hydrogen (secondary N) is 2. The number of halogens is 1. The number of benzene rings is 1. The molecule has 0 unspecified atom stereocenters. The first kappa shape index (κ1) is 17.5. The first-order valence-electron chi connectivity index (χ1n) is 8.38. The molecule has 1 aromatic carbocycles. The van der Waals surface area contributed by atoms with Crippen molar-refractivity contribution in [3.8, 4) is 0 Å². The zero-order valence-electron chi connectivity index (χ0n) is 14.1. The molecule has 0 saturated carbocycles. The number of rotatable bonds is 6. The molecule has 128 valence electrons. The van der Waals surface area contributed by atoms with Gasteiger partial charge in [0.15, 0.2) is 5.96 Å². The van der Waals surface area contributed by atoms with Crippen LogP contribution in [0.4, 0.5) is 10.1 Å². The van der Waals surface area contributed by atoms with Crippen molar-refractivity contribution >= 4 is 11.6 Å². The van der Waals surface area contributed by atoms with E-state index in [4.69, 9.17) is 4.74 Å². The molecule has 0 bridgehead atoms. The Morgan fingerprint density at radius 1 is 1.26 bits per heavy atom. The lowest BCUT2D eigenvalue weighted by molar-refractivity contribution is 0.122. The van der Waals surface area contributed by atoms with E-state index in [9.17, 15) is 4.39 Å². The van der Waals surface area contributed by atoms with Crippen molar-refractivity contribution in [2.45, 2.75) is 26.8 Å². The molecular weight excluding hydrogens is 295 g/mol. The van der Waals surface area contributed by atoms with Gasteiger partial charge in [0.1, 0.15) is 5.82 Å². The smallest absolute Gasteiger partial charge is 0.191 e. The maximum atomic E-state index is 14.3. The summed E-state index contributed by atoms with van der Waals surface area (Å²) in [5.74, 6) is 0.582. The van der Waals surface area contributed by atoms with Crippen LogP contribution in [0.15, 0.2) is 23.2 Å². The Morgan fingerprint density at radius 3 is 2.70 bits per heavy atom. The molecule has 0 spiro atoms. The van der Waals surface area contributed by atoms with E-state index >= 15 is 0 Å². The lowest BCUT2D eigenvalue weighted by atomic mass is 10.1. The van der Waals surface area contributed by atoms with E-state index in [-0.39, 0.29) is 5.82 Å². The highest BCUT2D eigenvalue weighted by Gasteiger charge is 2.15. The van der Waals surface area contributed by atoms with E-state index in [0.29, 0.717) is 25.4 Å². The Morgan fingerprint density at radius 2 is 2.04 bits per heavy atom. The topological polar surface area (TPSA) is 48.9 Å². The molecule has 0 atom stereocenters. The number of ether oxygens (including phenoxy) is 1. The van der Waals surface area contributed by atoms with Gasteiger partial charge in [-0.15, -0.1) is 0 Å². The lowest BCUT2D eigenvalue weighted by Crippen LogP contribution is -2.37. The van der Waals surface area contributed by atoms with Gasteiger partial charge >= 0.3 is 0 Å². The quantitative estimate of drug-likeness (QED) is 0.622. The van der Waals surface area contributed by atoms with Crippen molar-refractivity contribution in [3.05, 3.63) is 29.6 Å². The summed E-state index contributed by atoms with van der Waals surface area (Å²) in [5.41, 5.74) is 1.52. The Balaban J connectivity index is 2.01. The van der Waals surface area contributed by atoms with E-state index in [1.54, 1.807) is 6.07 Å². The number of nitrogens with zero attached hydrogens (tertiary/aromatic N) is 2. The summed E-state index contributed by atoms with van der Waals surface area (Å²) in [6.07, 6.45) is 1.04. The zero-order valence-corrected chi connectivity index (χ0v) is 14.1. The van der Waals surface area contributed by atoms with Crippen LogP contribution in [-0.2, 0) is 11.3 Å². The van der Waals surface area contributed by atoms with Gasteiger partial charge in [-0.2, -0.15) is 0 Å². The van der Waals surface area contributed by atoms with E-state index in [1.165, 1.54) is 0 Å². The van der Waals surface area contributed by atoms with Crippen LogP contribution in [0.3, 0.4) is 0 Å². The molecule has 0 radical (unpaired) electrons. The third kappa shape index (κ3) is 5.39. The summed E-state index contributed by atoms with van der Waals surface area (Å²) in [4.78, 5) is 6.53. The number of morpholine rings is 1. The molecule has 1 aromatic rings. The third-order valence-corrected chi connectivity index (χ3v) is 3.67. The van der Waals surface area contributed by atoms with Crippen molar-refractivity contribution in [2.24, 2.45) is 4.99 Å². The van der Waals surface area contributed by atoms with Crippen molar-refractivity contribution in [2.75, 3.05) is 44.3 Å². The number of anilines is 1. The lowest BCUT2D eigenvalue weighted by Gasteiger charge is -2.29. The molecule has 1 aliphatic rings. The second-order valence-corrected chi connectivity index (χ2v) is 5.51. The molecular formula is C17H27FN4O. The monoisotopic (exact) mass is 322 g/mol. The SMILES string of the molecule is CCCNC(=NCc1ccc(N2CCOCC2)c(F)c1)NCC. The number of guanidine groups is 1. The van der Waals surface area contributed by atoms with Crippen LogP contribution >= 0.6 is 0 Å². The van der Waals surface area contributed by atoms with Crippen LogP contribution in [0.5, 0.6) is 0 Å². The van der Waals surface area contributed by atoms with Crippen LogP contribution in [-0.4, -0.2) is 45.4 Å². The molecule has 1 fully saturated rings. The molecule has 0 amide bonds. The van der Waals surface area contributed by atoms with Crippen LogP contribution in [0.2, 0.25) is 0 Å². The van der Waals surface area contributed by atoms with Gasteiger partial charge < -0.3 is 20.3 Å². The Labute approximate surface area is 137 Å². The number of hydrogen-bond donors (Lipinski definition) is 2. The molecule has 5 nitrogen and oxygen atoms in total. The van der Waals surface area contributed by atoms with E-state index < -0.39 is 0 Å². The van der Waals surface area contributed by atoms with Gasteiger partial charge in [-0.25, -0.2) is 9.38 Å². The van der Waals surface area contributed by atoms with Gasteiger partial charge in [0.05, 0.1) is 25.4 Å². The van der Waals surface area contributed by atoms with Crippen LogP contribution in [0, 0.1) is 5.82 Å². The average Bonchev–Trinajstić information content (AvgIpc) is 2.58. The summed E-state index contributed by atoms with van der Waals surface area (Å²) in [6, 6.07) is 5.37. The highest BCUT2D eigenvalue weighted by molar-refractivity contribution is 5.79. The molecule has 1 heterocycles. The van der Waals surface area contributed by atoms with Crippen LogP contribution < -0.4 is 15.5 Å². The Hall–Kier alpha value is -1.82. The first-order valence-corrected chi connectivity index (χ1v) is 8.38. The first-order chi connectivity index (χ1) is 11.2. The van der Waals surface area contributed by atoms with Gasteiger partial charge in [0.2, 0.25) is 0 Å². The molecule has 1 saturated heterocycles. The second kappa shape index (κ2) is 9.35. The molecule has 23 heavy (non-hydrogen) atoms. The Kier molecular flexibility index (Phi) is 7.13. The van der Waals surface area contributed by atoms with Gasteiger partial charge in [-0.05, 0) is 31.0 Å². The molecule has 0 aromatic heterocycles. The second-order valence-electron chi connectivity index (χ2n) is 5.51. The predicted molar refractivity (Wildman–Crippen MR) is 92.5 cm³/mol. The summed E-state index contributed by atoms with van der Waals surface area (Å²) in [5, 5.41) is 6.43. The predicted octanol–water partition coefficient (Wildman–Crippen LogP) is 2.13. The molecule has 6 heteroatoms. The average molecular weight is 322 g/mol. The van der Waals surface area contributed by atoms with Gasteiger partial charge in [-0.1, -0.05) is 13.0 Å². The van der Waals surface area contributed by atoms with E-state index in [2.05, 4.69) is 22.5 Å². The minimum Gasteiger partial charge on any atom is -0.378 e. The number of aliphatic imine (C=N–C) groups is 1. The van der Waals surface area contributed by atoms with Crippen molar-refractivity contribution in [1.29, 1.82) is 0 Å². The van der Waals surface area contributed by atoms with E-state index in [0.717, 1.165) is 44.1 Å². The summed E-state index contributed by atoms with van der Waals surface area (Å²) < 4.78 is 19.7. The number of hydrogen-bond acceptors (Lipinski definition) is 3. The summed E-state index contributed by atoms with van der Waals surface area (Å²) in [7, 11) is 0. The fourth-order valence-corrected chi connectivity index (χ4v) is 2.46. The highest BCUT2D eigenvalue weighted by atomic mass is 19.1. The van der Waals surface area contributed by atoms with Crippen LogP contribution in [0.25, 0.3) is 0 Å². The van der Waals surface area contributed by atoms with E-state index in [1.807, 2.05) is 24.0 Å². The highest BCUT2D eigenvalue weighted by Crippen LogP contribution is 2.21. The summed E-state index contributed by atoms with van der Waals surface area (Å²) >= 11 is 0. The maximum Gasteiger partial charge on any atom is 0.191 e. The minimum absolute atomic E-state index is 0.189. The fourth-order valence-electron chi connectivity index (χ4n) is 2.46. The third-order valence-electron chi connectivity index (χ3n) is 3.67.